The van der Waals surface area contributed by atoms with Gasteiger partial charge >= 0.3 is 0 Å². The van der Waals surface area contributed by atoms with Crippen molar-refractivity contribution < 1.29 is 4.74 Å². The molecule has 1 fully saturated rings. The summed E-state index contributed by atoms with van der Waals surface area (Å²) in [6, 6.07) is 4.56. The van der Waals surface area contributed by atoms with Crippen LogP contribution in [-0.2, 0) is 11.3 Å². The first-order valence-corrected chi connectivity index (χ1v) is 5.74. The molecule has 1 aliphatic heterocycles. The summed E-state index contributed by atoms with van der Waals surface area (Å²) in [5.41, 5.74) is 6.93. The Hall–Kier alpha value is -0.970. The van der Waals surface area contributed by atoms with Crippen molar-refractivity contribution in [2.45, 2.75) is 25.6 Å². The van der Waals surface area contributed by atoms with Crippen LogP contribution in [0.2, 0.25) is 0 Å². The zero-order chi connectivity index (χ0) is 11.4. The van der Waals surface area contributed by atoms with Crippen LogP contribution in [0.1, 0.15) is 12.5 Å². The Balaban J connectivity index is 1.97. The highest BCUT2D eigenvalue weighted by Gasteiger charge is 2.24. The maximum Gasteiger partial charge on any atom is 0.0824 e. The molecule has 0 spiro atoms. The largest absolute Gasteiger partial charge is 0.374 e. The SMILES string of the molecule is CC1COC(CN)CN1Cc1ccncc1. The molecule has 0 bridgehead atoms. The number of morpholine rings is 1. The van der Waals surface area contributed by atoms with Gasteiger partial charge in [-0.25, -0.2) is 0 Å². The molecular formula is C12H19N3O. The topological polar surface area (TPSA) is 51.4 Å². The van der Waals surface area contributed by atoms with Gasteiger partial charge in [-0.2, -0.15) is 0 Å². The van der Waals surface area contributed by atoms with Gasteiger partial charge in [-0.1, -0.05) is 0 Å². The van der Waals surface area contributed by atoms with Crippen molar-refractivity contribution in [3.05, 3.63) is 30.1 Å². The average molecular weight is 221 g/mol. The van der Waals surface area contributed by atoms with E-state index in [-0.39, 0.29) is 6.10 Å². The highest BCUT2D eigenvalue weighted by Crippen LogP contribution is 2.14. The van der Waals surface area contributed by atoms with E-state index in [1.807, 2.05) is 12.4 Å². The van der Waals surface area contributed by atoms with Crippen LogP contribution in [0, 0.1) is 0 Å². The molecule has 1 aromatic heterocycles. The maximum atomic E-state index is 5.64. The molecule has 1 saturated heterocycles. The fourth-order valence-corrected chi connectivity index (χ4v) is 1.96. The number of aromatic nitrogens is 1. The Morgan fingerprint density at radius 2 is 2.25 bits per heavy atom. The van der Waals surface area contributed by atoms with E-state index in [0.29, 0.717) is 12.6 Å². The van der Waals surface area contributed by atoms with Crippen LogP contribution in [0.3, 0.4) is 0 Å². The lowest BCUT2D eigenvalue weighted by Gasteiger charge is -2.37. The van der Waals surface area contributed by atoms with Crippen LogP contribution in [-0.4, -0.2) is 41.7 Å². The predicted octanol–water partition coefficient (Wildman–Crippen LogP) is 0.630. The van der Waals surface area contributed by atoms with Crippen molar-refractivity contribution in [1.29, 1.82) is 0 Å². The zero-order valence-electron chi connectivity index (χ0n) is 9.67. The normalized spacial score (nSPS) is 26.9. The monoisotopic (exact) mass is 221 g/mol. The average Bonchev–Trinajstić information content (AvgIpc) is 2.33. The van der Waals surface area contributed by atoms with Gasteiger partial charge in [-0.15, -0.1) is 0 Å². The minimum atomic E-state index is 0.179. The number of rotatable bonds is 3. The minimum absolute atomic E-state index is 0.179. The first kappa shape index (κ1) is 11.5. The Morgan fingerprint density at radius 1 is 1.50 bits per heavy atom. The molecule has 2 heterocycles. The van der Waals surface area contributed by atoms with Crippen molar-refractivity contribution in [2.24, 2.45) is 5.73 Å². The van der Waals surface area contributed by atoms with Crippen LogP contribution < -0.4 is 5.73 Å². The Labute approximate surface area is 96.4 Å². The number of pyridine rings is 1. The Morgan fingerprint density at radius 3 is 2.94 bits per heavy atom. The number of nitrogens with two attached hydrogens (primary N) is 1. The summed E-state index contributed by atoms with van der Waals surface area (Å²) < 4.78 is 5.63. The lowest BCUT2D eigenvalue weighted by Crippen LogP contribution is -2.49. The van der Waals surface area contributed by atoms with Gasteiger partial charge in [0, 0.05) is 38.1 Å². The molecule has 4 heteroatoms. The summed E-state index contributed by atoms with van der Waals surface area (Å²) in [7, 11) is 0. The van der Waals surface area contributed by atoms with Gasteiger partial charge < -0.3 is 10.5 Å². The van der Waals surface area contributed by atoms with Gasteiger partial charge in [0.1, 0.15) is 0 Å². The van der Waals surface area contributed by atoms with Crippen molar-refractivity contribution in [1.82, 2.24) is 9.88 Å². The van der Waals surface area contributed by atoms with Crippen molar-refractivity contribution in [3.8, 4) is 0 Å². The second-order valence-corrected chi connectivity index (χ2v) is 4.32. The fraction of sp³-hybridized carbons (Fsp3) is 0.583. The molecular weight excluding hydrogens is 202 g/mol. The van der Waals surface area contributed by atoms with Crippen molar-refractivity contribution >= 4 is 0 Å². The van der Waals surface area contributed by atoms with E-state index in [0.717, 1.165) is 19.7 Å². The van der Waals surface area contributed by atoms with Gasteiger partial charge in [0.15, 0.2) is 0 Å². The molecule has 2 rings (SSSR count). The third kappa shape index (κ3) is 2.78. The molecule has 0 saturated carbocycles. The first-order valence-electron chi connectivity index (χ1n) is 5.74. The standard InChI is InChI=1S/C12H19N3O/c1-10-9-16-12(6-13)8-15(10)7-11-2-4-14-5-3-11/h2-5,10,12H,6-9,13H2,1H3. The van der Waals surface area contributed by atoms with Crippen molar-refractivity contribution in [2.75, 3.05) is 19.7 Å². The summed E-state index contributed by atoms with van der Waals surface area (Å²) in [4.78, 5) is 6.44. The van der Waals surface area contributed by atoms with E-state index in [1.165, 1.54) is 5.56 Å². The molecule has 4 nitrogen and oxygen atoms in total. The molecule has 0 aromatic carbocycles. The van der Waals surface area contributed by atoms with Crippen LogP contribution in [0.4, 0.5) is 0 Å². The molecule has 88 valence electrons. The van der Waals surface area contributed by atoms with Crippen LogP contribution in [0.25, 0.3) is 0 Å². The van der Waals surface area contributed by atoms with Crippen LogP contribution in [0.5, 0.6) is 0 Å². The van der Waals surface area contributed by atoms with Crippen LogP contribution >= 0.6 is 0 Å². The molecule has 0 radical (unpaired) electrons. The fourth-order valence-electron chi connectivity index (χ4n) is 1.96. The highest BCUT2D eigenvalue weighted by atomic mass is 16.5. The minimum Gasteiger partial charge on any atom is -0.374 e. The molecule has 1 aromatic rings. The predicted molar refractivity (Wildman–Crippen MR) is 62.9 cm³/mol. The van der Waals surface area contributed by atoms with Crippen LogP contribution in [0.15, 0.2) is 24.5 Å². The second-order valence-electron chi connectivity index (χ2n) is 4.32. The molecule has 2 unspecified atom stereocenters. The number of hydrogen-bond donors (Lipinski definition) is 1. The van der Waals surface area contributed by atoms with E-state index in [1.54, 1.807) is 0 Å². The number of ether oxygens (including phenoxy) is 1. The van der Waals surface area contributed by atoms with Gasteiger partial charge in [-0.05, 0) is 24.6 Å². The lowest BCUT2D eigenvalue weighted by molar-refractivity contribution is -0.0567. The van der Waals surface area contributed by atoms with Gasteiger partial charge in [0.2, 0.25) is 0 Å². The van der Waals surface area contributed by atoms with E-state index in [9.17, 15) is 0 Å². The lowest BCUT2D eigenvalue weighted by atomic mass is 10.1. The molecule has 2 atom stereocenters. The highest BCUT2D eigenvalue weighted by molar-refractivity contribution is 5.09. The third-order valence-corrected chi connectivity index (χ3v) is 3.03. The van der Waals surface area contributed by atoms with Gasteiger partial charge in [0.05, 0.1) is 12.7 Å². The summed E-state index contributed by atoms with van der Waals surface area (Å²) in [5, 5.41) is 0. The van der Waals surface area contributed by atoms with E-state index < -0.39 is 0 Å². The summed E-state index contributed by atoms with van der Waals surface area (Å²) in [5.74, 6) is 0. The summed E-state index contributed by atoms with van der Waals surface area (Å²) in [6.07, 6.45) is 3.85. The molecule has 1 aliphatic rings. The summed E-state index contributed by atoms with van der Waals surface area (Å²) in [6.45, 7) is 5.42. The second kappa shape index (κ2) is 5.39. The third-order valence-electron chi connectivity index (χ3n) is 3.03. The van der Waals surface area contributed by atoms with Gasteiger partial charge in [-0.3, -0.25) is 9.88 Å². The van der Waals surface area contributed by atoms with E-state index in [4.69, 9.17) is 10.5 Å². The first-order chi connectivity index (χ1) is 7.79. The number of nitrogens with zero attached hydrogens (tertiary/aromatic N) is 2. The zero-order valence-corrected chi connectivity index (χ0v) is 9.67. The smallest absolute Gasteiger partial charge is 0.0824 e. The maximum absolute atomic E-state index is 5.64. The van der Waals surface area contributed by atoms with E-state index >= 15 is 0 Å². The Kier molecular flexibility index (Phi) is 3.88. The number of hydrogen-bond acceptors (Lipinski definition) is 4. The molecule has 0 aliphatic carbocycles. The van der Waals surface area contributed by atoms with Gasteiger partial charge in [0.25, 0.3) is 0 Å². The van der Waals surface area contributed by atoms with E-state index in [2.05, 4.69) is 28.9 Å². The summed E-state index contributed by atoms with van der Waals surface area (Å²) >= 11 is 0. The van der Waals surface area contributed by atoms with Crippen molar-refractivity contribution in [3.63, 3.8) is 0 Å². The molecule has 0 amide bonds. The Bertz CT molecular complexity index is 317. The quantitative estimate of drug-likeness (QED) is 0.813. The molecule has 2 N–H and O–H groups in total. The molecule has 16 heavy (non-hydrogen) atoms.